The van der Waals surface area contributed by atoms with E-state index in [9.17, 15) is 4.79 Å². The van der Waals surface area contributed by atoms with E-state index in [4.69, 9.17) is 4.74 Å². The van der Waals surface area contributed by atoms with E-state index in [0.717, 1.165) is 23.8 Å². The van der Waals surface area contributed by atoms with Crippen LogP contribution < -0.4 is 10.1 Å². The van der Waals surface area contributed by atoms with Crippen molar-refractivity contribution < 1.29 is 9.53 Å². The van der Waals surface area contributed by atoms with E-state index in [0.29, 0.717) is 24.1 Å². The van der Waals surface area contributed by atoms with Crippen LogP contribution in [-0.2, 0) is 6.61 Å². The minimum absolute atomic E-state index is 0.00409. The second-order valence-electron chi connectivity index (χ2n) is 6.89. The van der Waals surface area contributed by atoms with Crippen LogP contribution in [0, 0.1) is 11.8 Å². The lowest BCUT2D eigenvalue weighted by atomic mass is 9.95. The predicted molar refractivity (Wildman–Crippen MR) is 91.7 cm³/mol. The molecule has 4 heteroatoms. The molecule has 2 aliphatic rings. The highest BCUT2D eigenvalue weighted by Crippen LogP contribution is 2.44. The van der Waals surface area contributed by atoms with Crippen LogP contribution in [0.15, 0.2) is 48.7 Å². The first kappa shape index (κ1) is 15.2. The molecule has 2 aliphatic carbocycles. The number of carbonyl (C=O) groups excluding carboxylic acids is 1. The van der Waals surface area contributed by atoms with Crippen LogP contribution in [0.4, 0.5) is 0 Å². The van der Waals surface area contributed by atoms with Crippen molar-refractivity contribution in [2.24, 2.45) is 11.8 Å². The summed E-state index contributed by atoms with van der Waals surface area (Å²) >= 11 is 0. The molecule has 4 nitrogen and oxygen atoms in total. The molecular weight excluding hydrogens is 300 g/mol. The Balaban J connectivity index is 1.32. The number of nitrogens with zero attached hydrogens (tertiary/aromatic N) is 1. The molecule has 3 atom stereocenters. The molecule has 2 bridgehead atoms. The molecule has 2 fully saturated rings. The molecular formula is C20H22N2O2. The largest absolute Gasteiger partial charge is 0.487 e. The number of pyridine rings is 1. The molecule has 4 rings (SSSR count). The fourth-order valence-corrected chi connectivity index (χ4v) is 3.99. The molecule has 3 unspecified atom stereocenters. The quantitative estimate of drug-likeness (QED) is 0.915. The number of fused-ring (bicyclic) bond motifs is 2. The third kappa shape index (κ3) is 3.28. The lowest BCUT2D eigenvalue weighted by Crippen LogP contribution is -2.38. The third-order valence-electron chi connectivity index (χ3n) is 5.27. The standard InChI is InChI=1S/C20H22N2O2/c23-20(22-19-11-14-6-7-15(19)10-14)16-8-9-17(21-12-16)13-24-18-4-2-1-3-5-18/h1-5,8-9,12,14-15,19H,6-7,10-11,13H2,(H,22,23). The van der Waals surface area contributed by atoms with Crippen molar-refractivity contribution in [1.29, 1.82) is 0 Å². The Morgan fingerprint density at radius 2 is 2.00 bits per heavy atom. The van der Waals surface area contributed by atoms with E-state index < -0.39 is 0 Å². The lowest BCUT2D eigenvalue weighted by Gasteiger charge is -2.22. The van der Waals surface area contributed by atoms with Gasteiger partial charge >= 0.3 is 0 Å². The maximum atomic E-state index is 12.4. The molecule has 1 heterocycles. The molecule has 1 aromatic carbocycles. The maximum absolute atomic E-state index is 12.4. The fourth-order valence-electron chi connectivity index (χ4n) is 3.99. The van der Waals surface area contributed by atoms with Crippen molar-refractivity contribution in [3.63, 3.8) is 0 Å². The van der Waals surface area contributed by atoms with Gasteiger partial charge in [-0.25, -0.2) is 0 Å². The van der Waals surface area contributed by atoms with Gasteiger partial charge < -0.3 is 10.1 Å². The molecule has 2 saturated carbocycles. The molecule has 0 saturated heterocycles. The molecule has 0 aliphatic heterocycles. The summed E-state index contributed by atoms with van der Waals surface area (Å²) in [6.45, 7) is 0.401. The lowest BCUT2D eigenvalue weighted by molar-refractivity contribution is 0.0922. The second kappa shape index (κ2) is 6.63. The predicted octanol–water partition coefficient (Wildman–Crippen LogP) is 3.58. The molecule has 0 radical (unpaired) electrons. The fraction of sp³-hybridized carbons (Fsp3) is 0.400. The highest BCUT2D eigenvalue weighted by atomic mass is 16.5. The number of ether oxygens (including phenoxy) is 1. The number of aromatic nitrogens is 1. The van der Waals surface area contributed by atoms with E-state index in [1.165, 1.54) is 19.3 Å². The number of nitrogens with one attached hydrogen (secondary N) is 1. The van der Waals surface area contributed by atoms with Crippen molar-refractivity contribution in [3.05, 3.63) is 59.9 Å². The summed E-state index contributed by atoms with van der Waals surface area (Å²) in [5.74, 6) is 2.33. The Kier molecular flexibility index (Phi) is 4.20. The number of carbonyl (C=O) groups is 1. The first-order chi connectivity index (χ1) is 11.8. The van der Waals surface area contributed by atoms with Crippen LogP contribution in [-0.4, -0.2) is 16.9 Å². The summed E-state index contributed by atoms with van der Waals surface area (Å²) in [4.78, 5) is 16.7. The zero-order valence-corrected chi connectivity index (χ0v) is 13.7. The summed E-state index contributed by atoms with van der Waals surface area (Å²) < 4.78 is 5.67. The van der Waals surface area contributed by atoms with E-state index in [2.05, 4.69) is 10.3 Å². The Morgan fingerprint density at radius 1 is 1.12 bits per heavy atom. The van der Waals surface area contributed by atoms with Gasteiger partial charge in [-0.1, -0.05) is 24.6 Å². The average molecular weight is 322 g/mol. The Bertz CT molecular complexity index is 699. The van der Waals surface area contributed by atoms with E-state index in [-0.39, 0.29) is 5.91 Å². The van der Waals surface area contributed by atoms with Crippen molar-refractivity contribution in [1.82, 2.24) is 10.3 Å². The SMILES string of the molecule is O=C(NC1CC2CCC1C2)c1ccc(COc2ccccc2)nc1. The number of hydrogen-bond donors (Lipinski definition) is 1. The Labute approximate surface area is 142 Å². The van der Waals surface area contributed by atoms with Crippen LogP contribution >= 0.6 is 0 Å². The van der Waals surface area contributed by atoms with Crippen molar-refractivity contribution >= 4 is 5.91 Å². The normalized spacial score (nSPS) is 24.8. The van der Waals surface area contributed by atoms with Crippen LogP contribution in [0.25, 0.3) is 0 Å². The van der Waals surface area contributed by atoms with Gasteiger partial charge in [0, 0.05) is 12.2 Å². The zero-order valence-electron chi connectivity index (χ0n) is 13.7. The Hall–Kier alpha value is -2.36. The van der Waals surface area contributed by atoms with Gasteiger partial charge in [-0.15, -0.1) is 0 Å². The number of para-hydroxylation sites is 1. The van der Waals surface area contributed by atoms with E-state index in [1.807, 2.05) is 42.5 Å². The zero-order chi connectivity index (χ0) is 16.4. The highest BCUT2D eigenvalue weighted by molar-refractivity contribution is 5.94. The van der Waals surface area contributed by atoms with Crippen LogP contribution in [0.2, 0.25) is 0 Å². The average Bonchev–Trinajstić information content (AvgIpc) is 3.24. The van der Waals surface area contributed by atoms with Crippen molar-refractivity contribution in [2.75, 3.05) is 0 Å². The number of hydrogen-bond acceptors (Lipinski definition) is 3. The van der Waals surface area contributed by atoms with Gasteiger partial charge in [0.15, 0.2) is 0 Å². The molecule has 1 aromatic heterocycles. The molecule has 2 aromatic rings. The van der Waals surface area contributed by atoms with E-state index >= 15 is 0 Å². The highest BCUT2D eigenvalue weighted by Gasteiger charge is 2.40. The molecule has 1 amide bonds. The molecule has 124 valence electrons. The second-order valence-corrected chi connectivity index (χ2v) is 6.89. The summed E-state index contributed by atoms with van der Waals surface area (Å²) in [5, 5.41) is 3.19. The first-order valence-corrected chi connectivity index (χ1v) is 8.71. The van der Waals surface area contributed by atoms with Gasteiger partial charge in [0.1, 0.15) is 12.4 Å². The van der Waals surface area contributed by atoms with Gasteiger partial charge in [0.2, 0.25) is 0 Å². The van der Waals surface area contributed by atoms with Crippen LogP contribution in [0.3, 0.4) is 0 Å². The van der Waals surface area contributed by atoms with Gasteiger partial charge in [0.25, 0.3) is 5.91 Å². The van der Waals surface area contributed by atoms with Crippen LogP contribution in [0.5, 0.6) is 5.75 Å². The van der Waals surface area contributed by atoms with Gasteiger partial charge in [0.05, 0.1) is 11.3 Å². The van der Waals surface area contributed by atoms with Gasteiger partial charge in [-0.05, 0) is 55.4 Å². The number of benzene rings is 1. The minimum atomic E-state index is -0.00409. The summed E-state index contributed by atoms with van der Waals surface area (Å²) in [5.41, 5.74) is 1.44. The van der Waals surface area contributed by atoms with Crippen molar-refractivity contribution in [2.45, 2.75) is 38.3 Å². The smallest absolute Gasteiger partial charge is 0.253 e. The summed E-state index contributed by atoms with van der Waals surface area (Å²) in [6, 6.07) is 13.7. The van der Waals surface area contributed by atoms with E-state index in [1.54, 1.807) is 6.20 Å². The summed E-state index contributed by atoms with van der Waals surface area (Å²) in [6.07, 6.45) is 6.69. The monoisotopic (exact) mass is 322 g/mol. The Morgan fingerprint density at radius 3 is 2.67 bits per heavy atom. The molecule has 24 heavy (non-hydrogen) atoms. The van der Waals surface area contributed by atoms with Gasteiger partial charge in [-0.3, -0.25) is 9.78 Å². The third-order valence-corrected chi connectivity index (χ3v) is 5.27. The summed E-state index contributed by atoms with van der Waals surface area (Å²) in [7, 11) is 0. The molecule has 0 spiro atoms. The minimum Gasteiger partial charge on any atom is -0.487 e. The maximum Gasteiger partial charge on any atom is 0.253 e. The van der Waals surface area contributed by atoms with Crippen LogP contribution in [0.1, 0.15) is 41.7 Å². The number of rotatable bonds is 5. The molecule has 1 N–H and O–H groups in total. The van der Waals surface area contributed by atoms with Crippen molar-refractivity contribution in [3.8, 4) is 5.75 Å². The number of amides is 1. The van der Waals surface area contributed by atoms with Gasteiger partial charge in [-0.2, -0.15) is 0 Å². The first-order valence-electron chi connectivity index (χ1n) is 8.71. The topological polar surface area (TPSA) is 51.2 Å².